The van der Waals surface area contributed by atoms with Crippen molar-refractivity contribution in [3.05, 3.63) is 28.2 Å². The molecule has 0 radical (unpaired) electrons. The molecular formula is C14H19Cl2NO. The van der Waals surface area contributed by atoms with Crippen molar-refractivity contribution in [3.63, 3.8) is 0 Å². The minimum absolute atomic E-state index is 0.197. The molecule has 1 heterocycles. The van der Waals surface area contributed by atoms with Gasteiger partial charge in [-0.2, -0.15) is 0 Å². The maximum absolute atomic E-state index is 6.16. The Hall–Kier alpha value is -0.440. The molecule has 1 aromatic carbocycles. The van der Waals surface area contributed by atoms with Crippen LogP contribution in [0, 0.1) is 5.92 Å². The van der Waals surface area contributed by atoms with Crippen molar-refractivity contribution < 1.29 is 4.74 Å². The summed E-state index contributed by atoms with van der Waals surface area (Å²) in [5.74, 6) is 1.18. The zero-order valence-corrected chi connectivity index (χ0v) is 12.1. The lowest BCUT2D eigenvalue weighted by Gasteiger charge is -2.25. The zero-order valence-electron chi connectivity index (χ0n) is 10.6. The van der Waals surface area contributed by atoms with Gasteiger partial charge in [-0.15, -0.1) is 0 Å². The third kappa shape index (κ3) is 3.31. The van der Waals surface area contributed by atoms with E-state index in [0.717, 1.165) is 32.4 Å². The monoisotopic (exact) mass is 287 g/mol. The van der Waals surface area contributed by atoms with Crippen LogP contribution in [0.3, 0.4) is 0 Å². The Kier molecular flexibility index (Phi) is 5.16. The van der Waals surface area contributed by atoms with Crippen molar-refractivity contribution in [1.29, 1.82) is 0 Å². The summed E-state index contributed by atoms with van der Waals surface area (Å²) in [5, 5.41) is 4.56. The summed E-state index contributed by atoms with van der Waals surface area (Å²) in [6.07, 6.45) is 3.49. The number of hydrogen-bond acceptors (Lipinski definition) is 2. The topological polar surface area (TPSA) is 21.3 Å². The van der Waals surface area contributed by atoms with E-state index in [2.05, 4.69) is 12.2 Å². The lowest BCUT2D eigenvalue weighted by Crippen LogP contribution is -2.28. The number of hydrogen-bond donors (Lipinski definition) is 1. The summed E-state index contributed by atoms with van der Waals surface area (Å²) in [6.45, 7) is 4.27. The first-order chi connectivity index (χ1) is 8.72. The molecule has 1 aliphatic heterocycles. The van der Waals surface area contributed by atoms with Crippen LogP contribution in [-0.2, 0) is 0 Å². The molecule has 0 aliphatic carbocycles. The lowest BCUT2D eigenvalue weighted by molar-refractivity contribution is 0.132. The van der Waals surface area contributed by atoms with Crippen LogP contribution in [0.2, 0.25) is 10.0 Å². The summed E-state index contributed by atoms with van der Waals surface area (Å²) < 4.78 is 6.10. The fraction of sp³-hybridized carbons (Fsp3) is 0.571. The van der Waals surface area contributed by atoms with Gasteiger partial charge < -0.3 is 10.1 Å². The number of nitrogens with one attached hydrogen (secondary N) is 1. The standard InChI is InChI=1S/C14H19Cl2NO/c1-2-4-13(10-7-8-17-9-10)18-14-11(15)5-3-6-12(14)16/h3,5-6,10,13,17H,2,4,7-9H2,1H3/t10?,13-/m0/s1. The molecule has 1 N–H and O–H groups in total. The molecule has 18 heavy (non-hydrogen) atoms. The minimum Gasteiger partial charge on any atom is -0.487 e. The highest BCUT2D eigenvalue weighted by Crippen LogP contribution is 2.35. The third-order valence-corrected chi connectivity index (χ3v) is 3.98. The molecule has 100 valence electrons. The first-order valence-electron chi connectivity index (χ1n) is 6.53. The number of benzene rings is 1. The highest BCUT2D eigenvalue weighted by atomic mass is 35.5. The van der Waals surface area contributed by atoms with Gasteiger partial charge in [-0.25, -0.2) is 0 Å². The summed E-state index contributed by atoms with van der Waals surface area (Å²) >= 11 is 12.3. The molecule has 1 aliphatic rings. The van der Waals surface area contributed by atoms with Crippen molar-refractivity contribution in [2.24, 2.45) is 5.92 Å². The average Bonchev–Trinajstić information content (AvgIpc) is 2.86. The van der Waals surface area contributed by atoms with E-state index in [1.54, 1.807) is 0 Å². The number of halogens is 2. The Labute approximate surface area is 119 Å². The maximum Gasteiger partial charge on any atom is 0.156 e. The highest BCUT2D eigenvalue weighted by molar-refractivity contribution is 6.37. The second-order valence-electron chi connectivity index (χ2n) is 4.75. The smallest absolute Gasteiger partial charge is 0.156 e. The molecule has 1 fully saturated rings. The van der Waals surface area contributed by atoms with Gasteiger partial charge in [0.25, 0.3) is 0 Å². The SMILES string of the molecule is CCC[C@H](Oc1c(Cl)cccc1Cl)C1CCNC1. The highest BCUT2D eigenvalue weighted by Gasteiger charge is 2.26. The van der Waals surface area contributed by atoms with E-state index < -0.39 is 0 Å². The Morgan fingerprint density at radius 1 is 1.39 bits per heavy atom. The zero-order chi connectivity index (χ0) is 13.0. The van der Waals surface area contributed by atoms with E-state index in [4.69, 9.17) is 27.9 Å². The Morgan fingerprint density at radius 3 is 2.67 bits per heavy atom. The molecule has 1 aromatic rings. The fourth-order valence-corrected chi connectivity index (χ4v) is 2.90. The van der Waals surface area contributed by atoms with E-state index in [9.17, 15) is 0 Å². The van der Waals surface area contributed by atoms with E-state index in [1.807, 2.05) is 18.2 Å². The van der Waals surface area contributed by atoms with Gasteiger partial charge in [-0.05, 0) is 31.5 Å². The molecule has 1 unspecified atom stereocenters. The second kappa shape index (κ2) is 6.65. The van der Waals surface area contributed by atoms with Crippen molar-refractivity contribution in [2.45, 2.75) is 32.3 Å². The molecule has 0 aromatic heterocycles. The van der Waals surface area contributed by atoms with Crippen LogP contribution in [0.15, 0.2) is 18.2 Å². The molecule has 2 atom stereocenters. The first-order valence-corrected chi connectivity index (χ1v) is 7.29. The van der Waals surface area contributed by atoms with E-state index in [-0.39, 0.29) is 6.10 Å². The molecule has 0 spiro atoms. The van der Waals surface area contributed by atoms with Gasteiger partial charge in [0.15, 0.2) is 5.75 Å². The summed E-state index contributed by atoms with van der Waals surface area (Å²) in [4.78, 5) is 0. The van der Waals surface area contributed by atoms with E-state index in [0.29, 0.717) is 21.7 Å². The van der Waals surface area contributed by atoms with Gasteiger partial charge >= 0.3 is 0 Å². The minimum atomic E-state index is 0.197. The van der Waals surface area contributed by atoms with Crippen molar-refractivity contribution >= 4 is 23.2 Å². The molecule has 2 nitrogen and oxygen atoms in total. The number of para-hydroxylation sites is 1. The van der Waals surface area contributed by atoms with Gasteiger partial charge in [0.05, 0.1) is 10.0 Å². The number of ether oxygens (including phenoxy) is 1. The Balaban J connectivity index is 2.12. The summed E-state index contributed by atoms with van der Waals surface area (Å²) in [7, 11) is 0. The van der Waals surface area contributed by atoms with Crippen molar-refractivity contribution in [2.75, 3.05) is 13.1 Å². The van der Waals surface area contributed by atoms with Crippen LogP contribution in [0.4, 0.5) is 0 Å². The van der Waals surface area contributed by atoms with Crippen molar-refractivity contribution in [3.8, 4) is 5.75 Å². The molecule has 1 saturated heterocycles. The van der Waals surface area contributed by atoms with Crippen molar-refractivity contribution in [1.82, 2.24) is 5.32 Å². The van der Waals surface area contributed by atoms with Gasteiger partial charge in [-0.1, -0.05) is 42.6 Å². The maximum atomic E-state index is 6.16. The molecule has 4 heteroatoms. The van der Waals surface area contributed by atoms with Crippen LogP contribution in [0.25, 0.3) is 0 Å². The van der Waals surface area contributed by atoms with E-state index in [1.165, 1.54) is 0 Å². The predicted octanol–water partition coefficient (Wildman–Crippen LogP) is 4.15. The molecular weight excluding hydrogens is 269 g/mol. The molecule has 0 bridgehead atoms. The Bertz CT molecular complexity index is 371. The largest absolute Gasteiger partial charge is 0.487 e. The predicted molar refractivity (Wildman–Crippen MR) is 76.8 cm³/mol. The van der Waals surface area contributed by atoms with Gasteiger partial charge in [0.1, 0.15) is 6.10 Å². The summed E-state index contributed by atoms with van der Waals surface area (Å²) in [6, 6.07) is 5.47. The average molecular weight is 288 g/mol. The van der Waals surface area contributed by atoms with E-state index >= 15 is 0 Å². The third-order valence-electron chi connectivity index (χ3n) is 3.39. The van der Waals surface area contributed by atoms with Crippen LogP contribution < -0.4 is 10.1 Å². The summed E-state index contributed by atoms with van der Waals surface area (Å²) in [5.41, 5.74) is 0. The normalized spacial score (nSPS) is 20.9. The van der Waals surface area contributed by atoms with Gasteiger partial charge in [0.2, 0.25) is 0 Å². The molecule has 0 amide bonds. The number of rotatable bonds is 5. The molecule has 0 saturated carbocycles. The quantitative estimate of drug-likeness (QED) is 0.878. The van der Waals surface area contributed by atoms with Crippen LogP contribution in [-0.4, -0.2) is 19.2 Å². The lowest BCUT2D eigenvalue weighted by atomic mass is 9.97. The van der Waals surface area contributed by atoms with Crippen LogP contribution >= 0.6 is 23.2 Å². The van der Waals surface area contributed by atoms with Crippen LogP contribution in [0.1, 0.15) is 26.2 Å². The first kappa shape index (κ1) is 14.0. The fourth-order valence-electron chi connectivity index (χ4n) is 2.42. The van der Waals surface area contributed by atoms with Gasteiger partial charge in [-0.3, -0.25) is 0 Å². The van der Waals surface area contributed by atoms with Gasteiger partial charge in [0, 0.05) is 12.5 Å². The second-order valence-corrected chi connectivity index (χ2v) is 5.56. The van der Waals surface area contributed by atoms with Crippen LogP contribution in [0.5, 0.6) is 5.75 Å². The molecule has 2 rings (SSSR count). The Morgan fingerprint density at radius 2 is 2.11 bits per heavy atom.